The summed E-state index contributed by atoms with van der Waals surface area (Å²) in [6, 6.07) is 8.17. The van der Waals surface area contributed by atoms with Gasteiger partial charge < -0.3 is 20.3 Å². The molecule has 4 fully saturated rings. The van der Waals surface area contributed by atoms with Crippen LogP contribution in [0.1, 0.15) is 129 Å². The Bertz CT molecular complexity index is 1570. The summed E-state index contributed by atoms with van der Waals surface area (Å²) < 4.78 is 5.65. The first-order valence-corrected chi connectivity index (χ1v) is 20.5. The molecule has 1 aromatic rings. The van der Waals surface area contributed by atoms with Gasteiger partial charge in [0, 0.05) is 19.6 Å². The minimum atomic E-state index is -0.513. The van der Waals surface area contributed by atoms with Gasteiger partial charge in [0.2, 0.25) is 5.91 Å². The van der Waals surface area contributed by atoms with Crippen molar-refractivity contribution in [3.05, 3.63) is 53.6 Å². The van der Waals surface area contributed by atoms with E-state index in [2.05, 4.69) is 89.0 Å². The molecule has 4 saturated carbocycles. The first kappa shape index (κ1) is 39.3. The standard InChI is InChI=1S/C46H71N3O3/c1-30(29-47-10)33-19-24-46(40(51)48-27-28-49(11)12)26-25-44(8)35(38(33)46)17-18-37-43(7)22-20-34(42(5,6)36(43)21-23-45(37,44)9)31-13-15-32(16-14-31)39(50)52-41(2,3)4/h13-16,20,33,35-38,47H,1,17-19,21-29H2,2-12H3,(H,48,51)/t33-,35+,36-,37+,38+,43-,44+,45+,46-/m0/s1. The molecule has 1 amide bonds. The zero-order valence-corrected chi connectivity index (χ0v) is 34.6. The molecule has 2 N–H and O–H groups in total. The molecule has 0 spiro atoms. The van der Waals surface area contributed by atoms with Crippen LogP contribution in [0.15, 0.2) is 42.5 Å². The van der Waals surface area contributed by atoms with Crippen molar-refractivity contribution in [2.75, 3.05) is 40.8 Å². The Morgan fingerprint density at radius 3 is 2.23 bits per heavy atom. The summed E-state index contributed by atoms with van der Waals surface area (Å²) in [4.78, 5) is 29.4. The normalized spacial score (nSPS) is 37.9. The third kappa shape index (κ3) is 6.24. The molecule has 1 aromatic carbocycles. The van der Waals surface area contributed by atoms with Gasteiger partial charge >= 0.3 is 5.97 Å². The fourth-order valence-electron chi connectivity index (χ4n) is 13.6. The number of hydrogen-bond acceptors (Lipinski definition) is 5. The van der Waals surface area contributed by atoms with E-state index in [9.17, 15) is 9.59 Å². The van der Waals surface area contributed by atoms with Gasteiger partial charge in [-0.25, -0.2) is 4.79 Å². The third-order valence-corrected chi connectivity index (χ3v) is 16.1. The number of carbonyl (C=O) groups excluding carboxylic acids is 2. The molecule has 0 radical (unpaired) electrons. The van der Waals surface area contributed by atoms with E-state index in [0.29, 0.717) is 47.6 Å². The molecule has 0 aliphatic heterocycles. The lowest BCUT2D eigenvalue weighted by Gasteiger charge is -2.72. The number of rotatable bonds is 9. The lowest BCUT2D eigenvalue weighted by molar-refractivity contribution is -0.225. The topological polar surface area (TPSA) is 70.7 Å². The quantitative estimate of drug-likeness (QED) is 0.197. The van der Waals surface area contributed by atoms with Gasteiger partial charge in [0.15, 0.2) is 0 Å². The van der Waals surface area contributed by atoms with Gasteiger partial charge in [0.05, 0.1) is 11.0 Å². The van der Waals surface area contributed by atoms with E-state index in [-0.39, 0.29) is 33.0 Å². The van der Waals surface area contributed by atoms with Crippen molar-refractivity contribution in [3.63, 3.8) is 0 Å². The van der Waals surface area contributed by atoms with Gasteiger partial charge in [-0.15, -0.1) is 0 Å². The number of amides is 1. The summed E-state index contributed by atoms with van der Waals surface area (Å²) in [5.74, 6) is 2.53. The first-order valence-electron chi connectivity index (χ1n) is 20.5. The average molecular weight is 714 g/mol. The zero-order chi connectivity index (χ0) is 38.1. The summed E-state index contributed by atoms with van der Waals surface area (Å²) in [5, 5.41) is 6.85. The van der Waals surface area contributed by atoms with Crippen LogP contribution < -0.4 is 10.6 Å². The number of hydrogen-bond donors (Lipinski definition) is 2. The van der Waals surface area contributed by atoms with E-state index >= 15 is 0 Å². The highest BCUT2D eigenvalue weighted by Gasteiger charge is 2.71. The highest BCUT2D eigenvalue weighted by atomic mass is 16.6. The van der Waals surface area contributed by atoms with E-state index in [4.69, 9.17) is 4.74 Å². The number of allylic oxidation sites excluding steroid dienone is 2. The van der Waals surface area contributed by atoms with Crippen LogP contribution >= 0.6 is 0 Å². The Labute approximate surface area is 316 Å². The number of likely N-dealkylation sites (N-methyl/N-ethyl adjacent to an activating group) is 2. The van der Waals surface area contributed by atoms with Crippen LogP contribution in [-0.4, -0.2) is 63.2 Å². The van der Waals surface area contributed by atoms with Crippen molar-refractivity contribution in [1.29, 1.82) is 0 Å². The molecule has 0 saturated heterocycles. The maximum atomic E-state index is 14.4. The molecule has 0 bridgehead atoms. The number of nitrogens with zero attached hydrogens (tertiary/aromatic N) is 1. The SMILES string of the molecule is C=C(CNC)[C@@H]1CC[C@]2(C(=O)NCCN(C)C)CC[C@]3(C)[C@H](CC[C@@H]4[C@@]5(C)CC=C(c6ccc(C(=O)OC(C)(C)C)cc6)C(C)(C)[C@@H]5CC[C@]43C)[C@@H]12. The second-order valence-corrected chi connectivity index (χ2v) is 20.4. The summed E-state index contributed by atoms with van der Waals surface area (Å²) in [6.07, 6.45) is 12.8. The number of benzene rings is 1. The third-order valence-electron chi connectivity index (χ3n) is 16.1. The monoisotopic (exact) mass is 714 g/mol. The summed E-state index contributed by atoms with van der Waals surface area (Å²) in [6.45, 7) is 25.8. The molecular weight excluding hydrogens is 643 g/mol. The van der Waals surface area contributed by atoms with Gasteiger partial charge in [-0.05, 0) is 174 Å². The number of esters is 1. The zero-order valence-electron chi connectivity index (χ0n) is 34.6. The van der Waals surface area contributed by atoms with Gasteiger partial charge in [-0.1, -0.05) is 65.0 Å². The highest BCUT2D eigenvalue weighted by molar-refractivity contribution is 5.90. The minimum absolute atomic E-state index is 0.00727. The van der Waals surface area contributed by atoms with Crippen LogP contribution in [0, 0.1) is 56.7 Å². The Morgan fingerprint density at radius 1 is 0.904 bits per heavy atom. The number of nitrogens with one attached hydrogen (secondary N) is 2. The van der Waals surface area contributed by atoms with Crippen molar-refractivity contribution in [3.8, 4) is 0 Å². The maximum Gasteiger partial charge on any atom is 0.338 e. The van der Waals surface area contributed by atoms with Crippen molar-refractivity contribution in [2.45, 2.75) is 119 Å². The molecule has 288 valence electrons. The molecule has 0 heterocycles. The van der Waals surface area contributed by atoms with E-state index in [1.165, 1.54) is 42.4 Å². The molecule has 6 nitrogen and oxygen atoms in total. The number of carbonyl (C=O) groups is 2. The van der Waals surface area contributed by atoms with Crippen LogP contribution in [0.2, 0.25) is 0 Å². The Kier molecular flexibility index (Phi) is 10.3. The van der Waals surface area contributed by atoms with Crippen LogP contribution in [0.3, 0.4) is 0 Å². The Hall–Kier alpha value is -2.44. The highest BCUT2D eigenvalue weighted by Crippen LogP contribution is 2.77. The Morgan fingerprint density at radius 2 is 1.60 bits per heavy atom. The van der Waals surface area contributed by atoms with E-state index in [1.807, 2.05) is 40.0 Å². The molecule has 0 aromatic heterocycles. The van der Waals surface area contributed by atoms with Gasteiger partial charge in [0.25, 0.3) is 0 Å². The van der Waals surface area contributed by atoms with Gasteiger partial charge in [-0.2, -0.15) is 0 Å². The molecule has 6 heteroatoms. The predicted octanol–water partition coefficient (Wildman–Crippen LogP) is 9.17. The van der Waals surface area contributed by atoms with E-state index < -0.39 is 5.60 Å². The lowest BCUT2D eigenvalue weighted by Crippen LogP contribution is -2.66. The summed E-state index contributed by atoms with van der Waals surface area (Å²) in [5.41, 5.74) is 4.36. The van der Waals surface area contributed by atoms with Crippen LogP contribution in [0.5, 0.6) is 0 Å². The van der Waals surface area contributed by atoms with Crippen molar-refractivity contribution in [2.24, 2.45) is 56.7 Å². The van der Waals surface area contributed by atoms with Gasteiger partial charge in [-0.3, -0.25) is 4.79 Å². The predicted molar refractivity (Wildman–Crippen MR) is 214 cm³/mol. The summed E-state index contributed by atoms with van der Waals surface area (Å²) in [7, 11) is 6.19. The average Bonchev–Trinajstić information content (AvgIpc) is 3.45. The molecular formula is C46H71N3O3. The maximum absolute atomic E-state index is 14.4. The molecule has 5 aliphatic rings. The van der Waals surface area contributed by atoms with Crippen LogP contribution in [0.4, 0.5) is 0 Å². The minimum Gasteiger partial charge on any atom is -0.456 e. The van der Waals surface area contributed by atoms with Crippen molar-refractivity contribution >= 4 is 17.4 Å². The molecule has 0 unspecified atom stereocenters. The largest absolute Gasteiger partial charge is 0.456 e. The second-order valence-electron chi connectivity index (χ2n) is 20.4. The van der Waals surface area contributed by atoms with E-state index in [1.54, 1.807) is 0 Å². The fraction of sp³-hybridized carbons (Fsp3) is 0.739. The molecule has 9 atom stereocenters. The lowest BCUT2D eigenvalue weighted by atomic mass is 9.32. The fourth-order valence-corrected chi connectivity index (χ4v) is 13.6. The molecule has 5 aliphatic carbocycles. The smallest absolute Gasteiger partial charge is 0.338 e. The number of ether oxygens (including phenoxy) is 1. The van der Waals surface area contributed by atoms with Gasteiger partial charge in [0.1, 0.15) is 5.60 Å². The summed E-state index contributed by atoms with van der Waals surface area (Å²) >= 11 is 0. The molecule has 52 heavy (non-hydrogen) atoms. The number of fused-ring (bicyclic) bond motifs is 7. The van der Waals surface area contributed by atoms with Crippen LogP contribution in [-0.2, 0) is 9.53 Å². The van der Waals surface area contributed by atoms with Crippen LogP contribution in [0.25, 0.3) is 5.57 Å². The first-order chi connectivity index (χ1) is 24.2. The van der Waals surface area contributed by atoms with Crippen molar-refractivity contribution in [1.82, 2.24) is 15.5 Å². The van der Waals surface area contributed by atoms with E-state index in [0.717, 1.165) is 45.2 Å². The second kappa shape index (κ2) is 13.7. The Balaban J connectivity index is 1.30. The molecule has 6 rings (SSSR count). The van der Waals surface area contributed by atoms with Crippen molar-refractivity contribution < 1.29 is 14.3 Å².